The molecule has 0 aliphatic heterocycles. The van der Waals surface area contributed by atoms with Gasteiger partial charge in [-0.1, -0.05) is 56.1 Å². The first-order valence-electron chi connectivity index (χ1n) is 7.00. The lowest BCUT2D eigenvalue weighted by molar-refractivity contribution is 0.240. The largest absolute Gasteiger partial charge is 0.336 e. The Balaban J connectivity index is 2.07. The van der Waals surface area contributed by atoms with Crippen LogP contribution in [-0.2, 0) is 13.1 Å². The van der Waals surface area contributed by atoms with Crippen LogP contribution in [0, 0.1) is 5.41 Å². The zero-order valence-corrected chi connectivity index (χ0v) is 14.1. The van der Waals surface area contributed by atoms with Crippen LogP contribution in [0.25, 0.3) is 0 Å². The molecule has 1 unspecified atom stereocenters. The average Bonchev–Trinajstić information content (AvgIpc) is 2.90. The second-order valence-corrected chi connectivity index (χ2v) is 7.06. The molecule has 5 heteroatoms. The summed E-state index contributed by atoms with van der Waals surface area (Å²) >= 11 is 12.3. The normalized spacial score (nSPS) is 13.4. The van der Waals surface area contributed by atoms with E-state index in [1.807, 2.05) is 24.7 Å². The minimum Gasteiger partial charge on any atom is -0.336 e. The van der Waals surface area contributed by atoms with Crippen LogP contribution in [0.3, 0.4) is 0 Å². The number of rotatable bonds is 5. The van der Waals surface area contributed by atoms with E-state index in [0.717, 1.165) is 12.1 Å². The Labute approximate surface area is 136 Å². The van der Waals surface area contributed by atoms with Gasteiger partial charge in [0.2, 0.25) is 0 Å². The zero-order chi connectivity index (χ0) is 15.5. The Hall–Kier alpha value is -1.03. The van der Waals surface area contributed by atoms with Gasteiger partial charge in [-0.25, -0.2) is 4.98 Å². The predicted molar refractivity (Wildman–Crippen MR) is 88.8 cm³/mol. The Kier molecular flexibility index (Phi) is 5.31. The number of halogens is 2. The molecule has 1 aromatic heterocycles. The van der Waals surface area contributed by atoms with E-state index < -0.39 is 0 Å². The summed E-state index contributed by atoms with van der Waals surface area (Å²) in [7, 11) is 0. The molecule has 0 bridgehead atoms. The van der Waals surface area contributed by atoms with E-state index in [1.165, 1.54) is 0 Å². The fourth-order valence-corrected chi connectivity index (χ4v) is 2.56. The second-order valence-electron chi connectivity index (χ2n) is 6.27. The number of aromatic nitrogens is 2. The van der Waals surface area contributed by atoms with Crippen molar-refractivity contribution in [2.75, 3.05) is 0 Å². The van der Waals surface area contributed by atoms with Crippen molar-refractivity contribution in [3.8, 4) is 0 Å². The second kappa shape index (κ2) is 6.82. The van der Waals surface area contributed by atoms with Crippen LogP contribution in [0.4, 0.5) is 0 Å². The third kappa shape index (κ3) is 4.47. The van der Waals surface area contributed by atoms with Crippen LogP contribution >= 0.6 is 23.2 Å². The summed E-state index contributed by atoms with van der Waals surface area (Å²) in [6.45, 7) is 8.22. The fraction of sp³-hybridized carbons (Fsp3) is 0.438. The highest BCUT2D eigenvalue weighted by Crippen LogP contribution is 2.26. The Morgan fingerprint density at radius 1 is 1.29 bits per heavy atom. The number of nitrogens with one attached hydrogen (secondary N) is 1. The van der Waals surface area contributed by atoms with Crippen LogP contribution in [0.5, 0.6) is 0 Å². The Bertz CT molecular complexity index is 574. The van der Waals surface area contributed by atoms with Gasteiger partial charge in [0.1, 0.15) is 0 Å². The average molecular weight is 326 g/mol. The molecule has 0 fully saturated rings. The fourth-order valence-electron chi connectivity index (χ4n) is 2.17. The van der Waals surface area contributed by atoms with E-state index in [-0.39, 0.29) is 5.41 Å². The molecular weight excluding hydrogens is 305 g/mol. The molecule has 1 N–H and O–H groups in total. The van der Waals surface area contributed by atoms with Crippen molar-refractivity contribution in [1.82, 2.24) is 14.9 Å². The molecule has 0 spiro atoms. The van der Waals surface area contributed by atoms with Gasteiger partial charge in [0.25, 0.3) is 0 Å². The summed E-state index contributed by atoms with van der Waals surface area (Å²) in [6, 6.07) is 6.02. The predicted octanol–water partition coefficient (Wildman–Crippen LogP) is 4.39. The van der Waals surface area contributed by atoms with Gasteiger partial charge in [-0.3, -0.25) is 0 Å². The van der Waals surface area contributed by atoms with Gasteiger partial charge in [-0.05, 0) is 17.0 Å². The molecule has 1 heterocycles. The highest BCUT2D eigenvalue weighted by atomic mass is 35.5. The van der Waals surface area contributed by atoms with Crippen LogP contribution in [0.1, 0.15) is 26.3 Å². The van der Waals surface area contributed by atoms with E-state index in [4.69, 9.17) is 23.2 Å². The molecule has 0 saturated carbocycles. The lowest BCUT2D eigenvalue weighted by Gasteiger charge is -2.32. The maximum absolute atomic E-state index is 6.25. The summed E-state index contributed by atoms with van der Waals surface area (Å²) < 4.78 is 2.09. The SMILES string of the molecule is CC(C)(C)C(Cn1ccnc1)NCc1cccc(Cl)c1Cl. The van der Waals surface area contributed by atoms with Crippen LogP contribution in [0.15, 0.2) is 36.9 Å². The number of benzene rings is 1. The van der Waals surface area contributed by atoms with Crippen molar-refractivity contribution in [1.29, 1.82) is 0 Å². The van der Waals surface area contributed by atoms with Crippen molar-refractivity contribution in [3.63, 3.8) is 0 Å². The van der Waals surface area contributed by atoms with Crippen LogP contribution in [-0.4, -0.2) is 15.6 Å². The third-order valence-electron chi connectivity index (χ3n) is 3.57. The maximum Gasteiger partial charge on any atom is 0.0946 e. The van der Waals surface area contributed by atoms with Gasteiger partial charge < -0.3 is 9.88 Å². The number of imidazole rings is 1. The van der Waals surface area contributed by atoms with E-state index in [9.17, 15) is 0 Å². The molecule has 2 rings (SSSR count). The van der Waals surface area contributed by atoms with E-state index >= 15 is 0 Å². The lowest BCUT2D eigenvalue weighted by atomic mass is 9.86. The smallest absolute Gasteiger partial charge is 0.0946 e. The van der Waals surface area contributed by atoms with Gasteiger partial charge >= 0.3 is 0 Å². The van der Waals surface area contributed by atoms with E-state index in [2.05, 4.69) is 35.6 Å². The van der Waals surface area contributed by atoms with E-state index in [0.29, 0.717) is 22.6 Å². The summed E-state index contributed by atoms with van der Waals surface area (Å²) in [5, 5.41) is 4.81. The Morgan fingerprint density at radius 3 is 2.67 bits per heavy atom. The first kappa shape index (κ1) is 16.3. The first-order valence-corrected chi connectivity index (χ1v) is 7.75. The number of hydrogen-bond acceptors (Lipinski definition) is 2. The van der Waals surface area contributed by atoms with Gasteiger partial charge in [0.05, 0.1) is 16.4 Å². The quantitative estimate of drug-likeness (QED) is 0.883. The van der Waals surface area contributed by atoms with Gasteiger partial charge in [0.15, 0.2) is 0 Å². The molecule has 0 amide bonds. The van der Waals surface area contributed by atoms with Gasteiger partial charge in [0, 0.05) is 31.5 Å². The number of hydrogen-bond donors (Lipinski definition) is 1. The minimum absolute atomic E-state index is 0.120. The molecule has 3 nitrogen and oxygen atoms in total. The summed E-state index contributed by atoms with van der Waals surface area (Å²) in [4.78, 5) is 4.10. The molecule has 2 aromatic rings. The molecule has 21 heavy (non-hydrogen) atoms. The summed E-state index contributed by atoms with van der Waals surface area (Å²) in [5.41, 5.74) is 1.14. The van der Waals surface area contributed by atoms with Crippen molar-refractivity contribution in [2.24, 2.45) is 5.41 Å². The standard InChI is InChI=1S/C16H21Cl2N3/c1-16(2,3)14(10-21-8-7-19-11-21)20-9-12-5-4-6-13(17)15(12)18/h4-8,11,14,20H,9-10H2,1-3H3. The lowest BCUT2D eigenvalue weighted by Crippen LogP contribution is -2.43. The van der Waals surface area contributed by atoms with Crippen LogP contribution < -0.4 is 5.32 Å². The highest BCUT2D eigenvalue weighted by Gasteiger charge is 2.24. The third-order valence-corrected chi connectivity index (χ3v) is 4.43. The summed E-state index contributed by atoms with van der Waals surface area (Å²) in [5.74, 6) is 0. The summed E-state index contributed by atoms with van der Waals surface area (Å²) in [6.07, 6.45) is 5.62. The molecule has 0 aliphatic rings. The van der Waals surface area contributed by atoms with Crippen LogP contribution in [0.2, 0.25) is 10.0 Å². The van der Waals surface area contributed by atoms with Gasteiger partial charge in [-0.15, -0.1) is 0 Å². The maximum atomic E-state index is 6.25. The molecule has 0 radical (unpaired) electrons. The minimum atomic E-state index is 0.120. The number of nitrogens with zero attached hydrogens (tertiary/aromatic N) is 2. The molecule has 0 saturated heterocycles. The van der Waals surface area contributed by atoms with Crippen molar-refractivity contribution < 1.29 is 0 Å². The molecule has 1 aromatic carbocycles. The van der Waals surface area contributed by atoms with Gasteiger partial charge in [-0.2, -0.15) is 0 Å². The molecule has 0 aliphatic carbocycles. The molecule has 1 atom stereocenters. The highest BCUT2D eigenvalue weighted by molar-refractivity contribution is 6.42. The van der Waals surface area contributed by atoms with Crippen molar-refractivity contribution >= 4 is 23.2 Å². The first-order chi connectivity index (χ1) is 9.88. The monoisotopic (exact) mass is 325 g/mol. The van der Waals surface area contributed by atoms with Crippen molar-refractivity contribution in [3.05, 3.63) is 52.5 Å². The molecular formula is C16H21Cl2N3. The molecule has 114 valence electrons. The Morgan fingerprint density at radius 2 is 2.05 bits per heavy atom. The van der Waals surface area contributed by atoms with Crippen molar-refractivity contribution in [2.45, 2.75) is 39.9 Å². The topological polar surface area (TPSA) is 29.9 Å². The van der Waals surface area contributed by atoms with E-state index in [1.54, 1.807) is 12.3 Å². The zero-order valence-electron chi connectivity index (χ0n) is 12.6.